The number of rotatable bonds is 6. The number of aromatic nitrogens is 1. The smallest absolute Gasteiger partial charge is 0.238 e. The molecule has 2 amide bonds. The third-order valence-corrected chi connectivity index (χ3v) is 7.45. The molecule has 1 saturated heterocycles. The number of carbonyl (C=O) groups excluding carboxylic acids is 2. The Kier molecular flexibility index (Phi) is 6.16. The maximum atomic E-state index is 13.9. The highest BCUT2D eigenvalue weighted by molar-refractivity contribution is 7.22. The van der Waals surface area contributed by atoms with E-state index in [2.05, 4.69) is 13.8 Å². The van der Waals surface area contributed by atoms with Gasteiger partial charge in [0.1, 0.15) is 0 Å². The van der Waals surface area contributed by atoms with Gasteiger partial charge in [0.2, 0.25) is 11.8 Å². The Morgan fingerprint density at radius 2 is 1.62 bits per heavy atom. The third kappa shape index (κ3) is 4.21. The van der Waals surface area contributed by atoms with Crippen LogP contribution in [-0.4, -0.2) is 23.3 Å². The van der Waals surface area contributed by atoms with Crippen LogP contribution >= 0.6 is 11.3 Å². The van der Waals surface area contributed by atoms with Crippen molar-refractivity contribution in [3.63, 3.8) is 0 Å². The third-order valence-electron chi connectivity index (χ3n) is 6.43. The van der Waals surface area contributed by atoms with E-state index in [1.807, 2.05) is 72.8 Å². The van der Waals surface area contributed by atoms with Crippen LogP contribution in [0.1, 0.15) is 31.4 Å². The van der Waals surface area contributed by atoms with E-state index in [0.29, 0.717) is 11.7 Å². The van der Waals surface area contributed by atoms with Crippen LogP contribution in [0.2, 0.25) is 0 Å². The zero-order valence-corrected chi connectivity index (χ0v) is 20.2. The van der Waals surface area contributed by atoms with Gasteiger partial charge in [-0.3, -0.25) is 14.5 Å². The van der Waals surface area contributed by atoms with E-state index in [1.165, 1.54) is 22.5 Å². The first-order chi connectivity index (χ1) is 16.6. The van der Waals surface area contributed by atoms with Crippen LogP contribution in [0, 0.1) is 5.92 Å². The summed E-state index contributed by atoms with van der Waals surface area (Å²) in [5, 5.41) is 0.633. The fourth-order valence-corrected chi connectivity index (χ4v) is 5.38. The SMILES string of the molecule is CCc1ccc(N2C[C@H](C(=O)N(c3ccc(CC)cc3)c3nc4ccccc4s3)CC2=O)cc1. The van der Waals surface area contributed by atoms with Gasteiger partial charge in [0.05, 0.1) is 21.8 Å². The Morgan fingerprint density at radius 3 is 2.26 bits per heavy atom. The largest absolute Gasteiger partial charge is 0.312 e. The average molecular weight is 470 g/mol. The van der Waals surface area contributed by atoms with Crippen molar-refractivity contribution in [3.05, 3.63) is 83.9 Å². The zero-order chi connectivity index (χ0) is 23.7. The molecule has 3 aromatic carbocycles. The number of benzene rings is 3. The molecule has 0 unspecified atom stereocenters. The number of carbonyl (C=O) groups is 2. The normalized spacial score (nSPS) is 15.8. The lowest BCUT2D eigenvalue weighted by atomic mass is 10.1. The molecule has 5 rings (SSSR count). The summed E-state index contributed by atoms with van der Waals surface area (Å²) in [7, 11) is 0. The van der Waals surface area contributed by atoms with Gasteiger partial charge in [-0.25, -0.2) is 4.98 Å². The van der Waals surface area contributed by atoms with Crippen LogP contribution in [0.15, 0.2) is 72.8 Å². The summed E-state index contributed by atoms with van der Waals surface area (Å²) in [4.78, 5) is 35.0. The first-order valence-corrected chi connectivity index (χ1v) is 12.6. The topological polar surface area (TPSA) is 53.5 Å². The highest BCUT2D eigenvalue weighted by atomic mass is 32.1. The van der Waals surface area contributed by atoms with E-state index in [-0.39, 0.29) is 18.2 Å². The zero-order valence-electron chi connectivity index (χ0n) is 19.4. The number of fused-ring (bicyclic) bond motifs is 1. The summed E-state index contributed by atoms with van der Waals surface area (Å²) < 4.78 is 1.03. The predicted octanol–water partition coefficient (Wildman–Crippen LogP) is 6.14. The Morgan fingerprint density at radius 1 is 0.971 bits per heavy atom. The molecule has 1 atom stereocenters. The molecule has 172 valence electrons. The standard InChI is InChI=1S/C28H27N3O2S/c1-3-19-9-13-22(14-10-19)30-18-21(17-26(30)32)27(33)31(23-15-11-20(4-2)12-16-23)28-29-24-7-5-6-8-25(24)34-28/h5-16,21H,3-4,17-18H2,1-2H3/t21-/m1/s1. The number of thiazole rings is 1. The van der Waals surface area contributed by atoms with E-state index < -0.39 is 5.92 Å². The molecule has 1 aromatic heterocycles. The summed E-state index contributed by atoms with van der Waals surface area (Å²) in [6.07, 6.45) is 2.07. The molecule has 1 aliphatic rings. The van der Waals surface area contributed by atoms with E-state index in [1.54, 1.807) is 9.80 Å². The van der Waals surface area contributed by atoms with Crippen molar-refractivity contribution in [2.75, 3.05) is 16.3 Å². The summed E-state index contributed by atoms with van der Waals surface area (Å²) in [5.74, 6) is -0.547. The van der Waals surface area contributed by atoms with E-state index >= 15 is 0 Å². The van der Waals surface area contributed by atoms with Gasteiger partial charge in [0.25, 0.3) is 0 Å². The second-order valence-corrected chi connectivity index (χ2v) is 9.59. The second-order valence-electron chi connectivity index (χ2n) is 8.58. The Hall–Kier alpha value is -3.51. The fraction of sp³-hybridized carbons (Fsp3) is 0.250. The maximum absolute atomic E-state index is 13.9. The van der Waals surface area contributed by atoms with Crippen LogP contribution in [-0.2, 0) is 22.4 Å². The lowest BCUT2D eigenvalue weighted by Crippen LogP contribution is -2.34. The van der Waals surface area contributed by atoms with Gasteiger partial charge < -0.3 is 4.90 Å². The molecule has 0 radical (unpaired) electrons. The number of hydrogen-bond donors (Lipinski definition) is 0. The molecule has 2 heterocycles. The van der Waals surface area contributed by atoms with E-state index in [4.69, 9.17) is 4.98 Å². The molecule has 4 aromatic rings. The molecule has 1 fully saturated rings. The molecule has 0 aliphatic carbocycles. The highest BCUT2D eigenvalue weighted by Gasteiger charge is 2.39. The minimum atomic E-state index is -0.434. The molecular formula is C28H27N3O2S. The van der Waals surface area contributed by atoms with Gasteiger partial charge in [-0.2, -0.15) is 0 Å². The Bertz CT molecular complexity index is 1300. The monoisotopic (exact) mass is 469 g/mol. The van der Waals surface area contributed by atoms with Crippen molar-refractivity contribution < 1.29 is 9.59 Å². The molecule has 0 spiro atoms. The first-order valence-electron chi connectivity index (χ1n) is 11.7. The van der Waals surface area contributed by atoms with E-state index in [0.717, 1.165) is 34.4 Å². The number of anilines is 3. The van der Waals surface area contributed by atoms with Crippen LogP contribution in [0.25, 0.3) is 10.2 Å². The molecule has 0 N–H and O–H groups in total. The van der Waals surface area contributed by atoms with Crippen molar-refractivity contribution >= 4 is 49.9 Å². The maximum Gasteiger partial charge on any atom is 0.238 e. The number of aryl methyl sites for hydroxylation is 2. The Balaban J connectivity index is 1.48. The summed E-state index contributed by atoms with van der Waals surface area (Å²) in [6, 6.07) is 24.0. The second kappa shape index (κ2) is 9.39. The van der Waals surface area contributed by atoms with Crippen LogP contribution in [0.5, 0.6) is 0 Å². The molecule has 0 bridgehead atoms. The summed E-state index contributed by atoms with van der Waals surface area (Å²) in [5.41, 5.74) is 4.92. The fourth-order valence-electron chi connectivity index (χ4n) is 4.39. The number of hydrogen-bond acceptors (Lipinski definition) is 4. The first kappa shape index (κ1) is 22.3. The van der Waals surface area contributed by atoms with Crippen molar-refractivity contribution in [3.8, 4) is 0 Å². The van der Waals surface area contributed by atoms with Gasteiger partial charge in [0.15, 0.2) is 5.13 Å². The van der Waals surface area contributed by atoms with Gasteiger partial charge in [-0.05, 0) is 60.4 Å². The van der Waals surface area contributed by atoms with Crippen molar-refractivity contribution in [2.24, 2.45) is 5.92 Å². The van der Waals surface area contributed by atoms with Crippen LogP contribution in [0.4, 0.5) is 16.5 Å². The molecule has 1 aliphatic heterocycles. The molecule has 6 heteroatoms. The molecule has 34 heavy (non-hydrogen) atoms. The highest BCUT2D eigenvalue weighted by Crippen LogP contribution is 2.36. The van der Waals surface area contributed by atoms with Gasteiger partial charge >= 0.3 is 0 Å². The van der Waals surface area contributed by atoms with E-state index in [9.17, 15) is 9.59 Å². The number of amides is 2. The number of para-hydroxylation sites is 1. The van der Waals surface area contributed by atoms with Crippen molar-refractivity contribution in [1.82, 2.24) is 4.98 Å². The molecule has 5 nitrogen and oxygen atoms in total. The quantitative estimate of drug-likeness (QED) is 0.341. The minimum Gasteiger partial charge on any atom is -0.312 e. The van der Waals surface area contributed by atoms with Gasteiger partial charge in [-0.15, -0.1) is 0 Å². The number of nitrogens with zero attached hydrogens (tertiary/aromatic N) is 3. The average Bonchev–Trinajstić information content (AvgIpc) is 3.48. The predicted molar refractivity (Wildman–Crippen MR) is 139 cm³/mol. The van der Waals surface area contributed by atoms with Crippen LogP contribution in [0.3, 0.4) is 0 Å². The summed E-state index contributed by atoms with van der Waals surface area (Å²) in [6.45, 7) is 4.59. The Labute approximate surface area is 203 Å². The lowest BCUT2D eigenvalue weighted by Gasteiger charge is -2.24. The van der Waals surface area contributed by atoms with Crippen molar-refractivity contribution in [2.45, 2.75) is 33.1 Å². The van der Waals surface area contributed by atoms with Crippen LogP contribution < -0.4 is 9.80 Å². The molecular weight excluding hydrogens is 442 g/mol. The minimum absolute atomic E-state index is 0.0202. The van der Waals surface area contributed by atoms with Gasteiger partial charge in [-0.1, -0.05) is 61.6 Å². The summed E-state index contributed by atoms with van der Waals surface area (Å²) >= 11 is 1.49. The lowest BCUT2D eigenvalue weighted by molar-refractivity contribution is -0.123. The molecule has 0 saturated carbocycles. The van der Waals surface area contributed by atoms with Gasteiger partial charge in [0, 0.05) is 18.7 Å². The van der Waals surface area contributed by atoms with Crippen molar-refractivity contribution in [1.29, 1.82) is 0 Å².